The molecule has 27 heavy (non-hydrogen) atoms. The number of hydrogen-bond acceptors (Lipinski definition) is 4. The molecule has 2 amide bonds. The van der Waals surface area contributed by atoms with Gasteiger partial charge in [0.15, 0.2) is 5.67 Å². The van der Waals surface area contributed by atoms with Gasteiger partial charge in [-0.2, -0.15) is 0 Å². The highest BCUT2D eigenvalue weighted by atomic mass is 19.1. The molecule has 1 fully saturated rings. The average Bonchev–Trinajstić information content (AvgIpc) is 2.60. The molecule has 1 aromatic carbocycles. The number of alkyl carbamates (subject to hydrolysis) is 1. The molecule has 0 aliphatic heterocycles. The number of methoxy groups -OCH3 is 1. The molecule has 6 nitrogen and oxygen atoms in total. The van der Waals surface area contributed by atoms with Gasteiger partial charge in [0.25, 0.3) is 5.91 Å². The standard InChI is InChI=1S/C20H29FN2O4/c1-19(2,3)27-18(25)23-15-9-11-20(21,12-10-15)17(24)22-13-14-5-7-16(26-4)8-6-14/h5-8,15H,9-13H2,1-4H3,(H,22,24)(H,23,25). The third kappa shape index (κ3) is 6.41. The third-order valence-electron chi connectivity index (χ3n) is 4.52. The summed E-state index contributed by atoms with van der Waals surface area (Å²) in [6.45, 7) is 5.61. The Bertz CT molecular complexity index is 647. The topological polar surface area (TPSA) is 76.7 Å². The third-order valence-corrected chi connectivity index (χ3v) is 4.52. The molecule has 1 aliphatic rings. The lowest BCUT2D eigenvalue weighted by atomic mass is 9.83. The molecule has 0 heterocycles. The number of ether oxygens (including phenoxy) is 2. The van der Waals surface area contributed by atoms with Gasteiger partial charge < -0.3 is 20.1 Å². The predicted octanol–water partition coefficient (Wildman–Crippen LogP) is 3.49. The average molecular weight is 380 g/mol. The molecule has 2 rings (SSSR count). The summed E-state index contributed by atoms with van der Waals surface area (Å²) in [7, 11) is 1.58. The molecular formula is C20H29FN2O4. The van der Waals surface area contributed by atoms with Gasteiger partial charge in [0.2, 0.25) is 0 Å². The van der Waals surface area contributed by atoms with Gasteiger partial charge in [0, 0.05) is 12.6 Å². The van der Waals surface area contributed by atoms with Gasteiger partial charge in [-0.3, -0.25) is 4.79 Å². The zero-order valence-electron chi connectivity index (χ0n) is 16.4. The molecule has 0 unspecified atom stereocenters. The molecule has 150 valence electrons. The molecule has 1 saturated carbocycles. The van der Waals surface area contributed by atoms with Gasteiger partial charge in [-0.25, -0.2) is 9.18 Å². The van der Waals surface area contributed by atoms with Gasteiger partial charge in [0.1, 0.15) is 11.4 Å². The van der Waals surface area contributed by atoms with Crippen molar-refractivity contribution < 1.29 is 23.5 Å². The van der Waals surface area contributed by atoms with Crippen molar-refractivity contribution in [2.75, 3.05) is 7.11 Å². The minimum Gasteiger partial charge on any atom is -0.497 e. The second-order valence-corrected chi connectivity index (χ2v) is 7.92. The first-order valence-corrected chi connectivity index (χ1v) is 9.21. The molecule has 0 bridgehead atoms. The van der Waals surface area contributed by atoms with Crippen LogP contribution in [-0.2, 0) is 16.1 Å². The first-order valence-electron chi connectivity index (χ1n) is 9.21. The normalized spacial score (nSPS) is 22.6. The van der Waals surface area contributed by atoms with E-state index in [0.717, 1.165) is 11.3 Å². The van der Waals surface area contributed by atoms with E-state index in [9.17, 15) is 14.0 Å². The second kappa shape index (κ2) is 8.59. The smallest absolute Gasteiger partial charge is 0.407 e. The maximum Gasteiger partial charge on any atom is 0.407 e. The van der Waals surface area contributed by atoms with Crippen LogP contribution < -0.4 is 15.4 Å². The summed E-state index contributed by atoms with van der Waals surface area (Å²) in [5.74, 6) is 0.122. The maximum absolute atomic E-state index is 15.0. The van der Waals surface area contributed by atoms with Gasteiger partial charge in [-0.15, -0.1) is 0 Å². The number of rotatable bonds is 5. The fourth-order valence-electron chi connectivity index (χ4n) is 3.01. The number of alkyl halides is 1. The number of nitrogens with one attached hydrogen (secondary N) is 2. The summed E-state index contributed by atoms with van der Waals surface area (Å²) in [6.07, 6.45) is 0.420. The van der Waals surface area contributed by atoms with Crippen LogP contribution in [0.25, 0.3) is 0 Å². The highest BCUT2D eigenvalue weighted by Crippen LogP contribution is 2.32. The molecule has 0 atom stereocenters. The number of amides is 2. The zero-order valence-corrected chi connectivity index (χ0v) is 16.4. The van der Waals surface area contributed by atoms with E-state index in [-0.39, 0.29) is 25.4 Å². The Labute approximate surface area is 159 Å². The van der Waals surface area contributed by atoms with Crippen molar-refractivity contribution in [2.45, 2.75) is 70.3 Å². The predicted molar refractivity (Wildman–Crippen MR) is 100 cm³/mol. The first-order chi connectivity index (χ1) is 12.6. The van der Waals surface area contributed by atoms with Crippen molar-refractivity contribution in [3.8, 4) is 5.75 Å². The molecule has 7 heteroatoms. The second-order valence-electron chi connectivity index (χ2n) is 7.92. The van der Waals surface area contributed by atoms with Gasteiger partial charge in [-0.1, -0.05) is 12.1 Å². The summed E-state index contributed by atoms with van der Waals surface area (Å²) in [4.78, 5) is 24.1. The van der Waals surface area contributed by atoms with Crippen molar-refractivity contribution in [1.82, 2.24) is 10.6 Å². The quantitative estimate of drug-likeness (QED) is 0.820. The fourth-order valence-corrected chi connectivity index (χ4v) is 3.01. The number of carbonyl (C=O) groups is 2. The SMILES string of the molecule is COc1ccc(CNC(=O)C2(F)CCC(NC(=O)OC(C)(C)C)CC2)cc1. The van der Waals surface area contributed by atoms with Crippen LogP contribution in [-0.4, -0.2) is 36.4 Å². The maximum atomic E-state index is 15.0. The lowest BCUT2D eigenvalue weighted by molar-refractivity contribution is -0.135. The summed E-state index contributed by atoms with van der Waals surface area (Å²) >= 11 is 0. The molecule has 0 radical (unpaired) electrons. The van der Waals surface area contributed by atoms with E-state index in [1.807, 2.05) is 12.1 Å². The van der Waals surface area contributed by atoms with E-state index >= 15 is 0 Å². The molecule has 2 N–H and O–H groups in total. The van der Waals surface area contributed by atoms with Crippen molar-refractivity contribution in [3.05, 3.63) is 29.8 Å². The molecule has 0 saturated heterocycles. The number of benzene rings is 1. The number of carbonyl (C=O) groups excluding carboxylic acids is 2. The van der Waals surface area contributed by atoms with Crippen LogP contribution in [0.2, 0.25) is 0 Å². The van der Waals surface area contributed by atoms with Crippen molar-refractivity contribution in [3.63, 3.8) is 0 Å². The van der Waals surface area contributed by atoms with Crippen LogP contribution in [0.3, 0.4) is 0 Å². The van der Waals surface area contributed by atoms with E-state index in [1.54, 1.807) is 40.0 Å². The molecule has 0 aromatic heterocycles. The van der Waals surface area contributed by atoms with E-state index in [2.05, 4.69) is 10.6 Å². The largest absolute Gasteiger partial charge is 0.497 e. The minimum atomic E-state index is -1.90. The van der Waals surface area contributed by atoms with Crippen molar-refractivity contribution >= 4 is 12.0 Å². The van der Waals surface area contributed by atoms with Crippen molar-refractivity contribution in [2.24, 2.45) is 0 Å². The van der Waals surface area contributed by atoms with Gasteiger partial charge in [-0.05, 0) is 64.2 Å². The molecule has 1 aliphatic carbocycles. The highest BCUT2D eigenvalue weighted by molar-refractivity contribution is 5.85. The van der Waals surface area contributed by atoms with Crippen LogP contribution in [0, 0.1) is 0 Å². The van der Waals surface area contributed by atoms with Crippen LogP contribution in [0.15, 0.2) is 24.3 Å². The summed E-state index contributed by atoms with van der Waals surface area (Å²) < 4.78 is 25.3. The first kappa shape index (κ1) is 21.0. The van der Waals surface area contributed by atoms with Crippen molar-refractivity contribution in [1.29, 1.82) is 0 Å². The summed E-state index contributed by atoms with van der Waals surface area (Å²) in [5, 5.41) is 5.42. The highest BCUT2D eigenvalue weighted by Gasteiger charge is 2.42. The van der Waals surface area contributed by atoms with E-state index in [0.29, 0.717) is 12.8 Å². The Kier molecular flexibility index (Phi) is 6.68. The molecular weight excluding hydrogens is 351 g/mol. The monoisotopic (exact) mass is 380 g/mol. The molecule has 0 spiro atoms. The Morgan fingerprint density at radius 3 is 2.30 bits per heavy atom. The van der Waals surface area contributed by atoms with Crippen LogP contribution in [0.4, 0.5) is 9.18 Å². The van der Waals surface area contributed by atoms with E-state index in [1.165, 1.54) is 0 Å². The Morgan fingerprint density at radius 2 is 1.78 bits per heavy atom. The zero-order chi connectivity index (χ0) is 20.1. The van der Waals surface area contributed by atoms with Crippen LogP contribution >= 0.6 is 0 Å². The number of halogens is 1. The Morgan fingerprint density at radius 1 is 1.19 bits per heavy atom. The number of hydrogen-bond donors (Lipinski definition) is 2. The Balaban J connectivity index is 1.79. The molecule has 1 aromatic rings. The van der Waals surface area contributed by atoms with Gasteiger partial charge >= 0.3 is 6.09 Å². The minimum absolute atomic E-state index is 0.0713. The van der Waals surface area contributed by atoms with Crippen LogP contribution in [0.1, 0.15) is 52.0 Å². The lowest BCUT2D eigenvalue weighted by Gasteiger charge is -2.33. The van der Waals surface area contributed by atoms with E-state index < -0.39 is 23.3 Å². The fraction of sp³-hybridized carbons (Fsp3) is 0.600. The van der Waals surface area contributed by atoms with Crippen LogP contribution in [0.5, 0.6) is 5.75 Å². The summed E-state index contributed by atoms with van der Waals surface area (Å²) in [5.41, 5.74) is -1.62. The summed E-state index contributed by atoms with van der Waals surface area (Å²) in [6, 6.07) is 7.05. The lowest BCUT2D eigenvalue weighted by Crippen LogP contribution is -2.49. The van der Waals surface area contributed by atoms with Gasteiger partial charge in [0.05, 0.1) is 7.11 Å². The Hall–Kier alpha value is -2.31. The van der Waals surface area contributed by atoms with E-state index in [4.69, 9.17) is 9.47 Å².